The van der Waals surface area contributed by atoms with E-state index in [1.54, 1.807) is 85.0 Å². The zero-order valence-corrected chi connectivity index (χ0v) is 21.2. The standard InChI is InChI=1S/C29H20N6O6/c36-25(23-12-7-15-41-23)22-16-19-20-13-14-21(33-27(38)30(26(37)32(20)33)17-8-3-1-4-9-17)24(19)35-29(40)31(28(39)34(22)35)18-10-5-2-6-11-18/h1-16,20-22,24H/t20-,21+,22?,24?/m0/s1. The molecule has 4 atom stereocenters. The van der Waals surface area contributed by atoms with Crippen LogP contribution in [-0.4, -0.2) is 33.6 Å². The van der Waals surface area contributed by atoms with E-state index < -0.39 is 52.7 Å². The molecule has 0 spiro atoms. The molecule has 0 N–H and O–H groups in total. The number of para-hydroxylation sites is 2. The number of Topliss-reactive ketones (excluding diaryl/α,β-unsaturated/α-hetero) is 1. The van der Waals surface area contributed by atoms with Gasteiger partial charge < -0.3 is 4.42 Å². The van der Waals surface area contributed by atoms with Crippen molar-refractivity contribution in [2.24, 2.45) is 0 Å². The number of furan rings is 1. The van der Waals surface area contributed by atoms with Crippen LogP contribution in [0, 0.1) is 0 Å². The van der Waals surface area contributed by atoms with Crippen molar-refractivity contribution in [2.45, 2.75) is 24.2 Å². The van der Waals surface area contributed by atoms with E-state index in [-0.39, 0.29) is 5.76 Å². The van der Waals surface area contributed by atoms with Crippen molar-refractivity contribution < 1.29 is 9.21 Å². The van der Waals surface area contributed by atoms with Crippen LogP contribution in [0.5, 0.6) is 0 Å². The van der Waals surface area contributed by atoms with Crippen LogP contribution in [0.2, 0.25) is 0 Å². The molecule has 9 rings (SSSR count). The third kappa shape index (κ3) is 2.95. The molecule has 5 aromatic rings. The third-order valence-corrected chi connectivity index (χ3v) is 8.00. The van der Waals surface area contributed by atoms with Gasteiger partial charge in [0.05, 0.1) is 23.7 Å². The quantitative estimate of drug-likeness (QED) is 0.249. The fourth-order valence-electron chi connectivity index (χ4n) is 6.30. The lowest BCUT2D eigenvalue weighted by Crippen LogP contribution is -2.51. The maximum absolute atomic E-state index is 14.1. The van der Waals surface area contributed by atoms with Gasteiger partial charge in [0.25, 0.3) is 0 Å². The number of carbonyl (C=O) groups is 1. The Balaban J connectivity index is 1.42. The molecule has 12 nitrogen and oxygen atoms in total. The first-order valence-electron chi connectivity index (χ1n) is 13.0. The van der Waals surface area contributed by atoms with Crippen LogP contribution in [0.15, 0.2) is 126 Å². The van der Waals surface area contributed by atoms with Crippen molar-refractivity contribution in [3.05, 3.63) is 151 Å². The highest BCUT2D eigenvalue weighted by atomic mass is 16.3. The second-order valence-corrected chi connectivity index (χ2v) is 10.1. The van der Waals surface area contributed by atoms with Gasteiger partial charge in [-0.1, -0.05) is 48.6 Å². The maximum Gasteiger partial charge on any atom is 0.352 e. The van der Waals surface area contributed by atoms with Crippen molar-refractivity contribution in [1.29, 1.82) is 0 Å². The summed E-state index contributed by atoms with van der Waals surface area (Å²) in [7, 11) is 0. The number of aromatic nitrogens is 6. The zero-order valence-electron chi connectivity index (χ0n) is 21.2. The molecule has 1 aliphatic carbocycles. The van der Waals surface area contributed by atoms with Gasteiger partial charge in [0.2, 0.25) is 5.78 Å². The molecule has 12 heteroatoms. The van der Waals surface area contributed by atoms with Gasteiger partial charge in [-0.25, -0.2) is 47.0 Å². The first kappa shape index (κ1) is 23.3. The van der Waals surface area contributed by atoms with Gasteiger partial charge in [0, 0.05) is 0 Å². The Hall–Kier alpha value is -5.65. The molecule has 3 aromatic heterocycles. The van der Waals surface area contributed by atoms with Crippen LogP contribution in [0.25, 0.3) is 11.4 Å². The third-order valence-electron chi connectivity index (χ3n) is 8.00. The monoisotopic (exact) mass is 548 g/mol. The summed E-state index contributed by atoms with van der Waals surface area (Å²) in [6, 6.07) is 16.4. The zero-order chi connectivity index (χ0) is 28.0. The highest BCUT2D eigenvalue weighted by Crippen LogP contribution is 2.48. The molecule has 41 heavy (non-hydrogen) atoms. The number of benzene rings is 2. The topological polar surface area (TPSA) is 128 Å². The summed E-state index contributed by atoms with van der Waals surface area (Å²) in [6.07, 6.45) is 6.52. The number of carbonyl (C=O) groups excluding carboxylic acids is 1. The fourth-order valence-corrected chi connectivity index (χ4v) is 6.30. The van der Waals surface area contributed by atoms with Crippen LogP contribution in [-0.2, 0) is 0 Å². The van der Waals surface area contributed by atoms with Gasteiger partial charge in [0.1, 0.15) is 18.1 Å². The molecule has 202 valence electrons. The number of fused-ring (bicyclic) bond motifs is 1. The predicted molar refractivity (Wildman–Crippen MR) is 145 cm³/mol. The van der Waals surface area contributed by atoms with E-state index in [4.69, 9.17) is 4.42 Å². The highest BCUT2D eigenvalue weighted by Gasteiger charge is 2.50. The lowest BCUT2D eigenvalue weighted by molar-refractivity contribution is 0.0878. The Bertz CT molecular complexity index is 2170. The van der Waals surface area contributed by atoms with E-state index in [1.807, 2.05) is 0 Å². The smallest absolute Gasteiger partial charge is 0.352 e. The van der Waals surface area contributed by atoms with Gasteiger partial charge >= 0.3 is 22.8 Å². The normalized spacial score (nSPS) is 21.7. The summed E-state index contributed by atoms with van der Waals surface area (Å²) in [6.45, 7) is 0. The average molecular weight is 549 g/mol. The number of rotatable bonds is 4. The van der Waals surface area contributed by atoms with E-state index in [0.29, 0.717) is 16.9 Å². The molecule has 0 radical (unpaired) electrons. The Labute approximate surface area is 229 Å². The number of hydrogen-bond donors (Lipinski definition) is 0. The molecule has 3 aliphatic heterocycles. The van der Waals surface area contributed by atoms with Gasteiger partial charge in [-0.2, -0.15) is 0 Å². The minimum atomic E-state index is -1.22. The molecule has 4 aliphatic rings. The van der Waals surface area contributed by atoms with Crippen molar-refractivity contribution in [3.63, 3.8) is 0 Å². The molecule has 0 saturated heterocycles. The van der Waals surface area contributed by atoms with E-state index in [1.165, 1.54) is 26.4 Å². The van der Waals surface area contributed by atoms with Crippen LogP contribution < -0.4 is 22.8 Å². The summed E-state index contributed by atoms with van der Waals surface area (Å²) in [5, 5.41) is 0. The number of nitrogens with zero attached hydrogens (tertiary/aromatic N) is 6. The SMILES string of the molecule is O=C(c1ccco1)C1C=C2C([C@H]3C=C[C@@H]2n2c(=O)n(-c4ccccc4)c(=O)n23)n2c(=O)n(-c3ccccc3)c(=O)n21. The Kier molecular flexibility index (Phi) is 4.64. The van der Waals surface area contributed by atoms with Crippen LogP contribution >= 0.6 is 0 Å². The molecule has 0 saturated carbocycles. The molecule has 2 aromatic carbocycles. The number of ketones is 1. The Morgan fingerprint density at radius 3 is 1.83 bits per heavy atom. The van der Waals surface area contributed by atoms with Gasteiger partial charge in [-0.15, -0.1) is 0 Å². The number of hydrogen-bond acceptors (Lipinski definition) is 6. The van der Waals surface area contributed by atoms with Gasteiger partial charge in [0.15, 0.2) is 5.76 Å². The maximum atomic E-state index is 14.1. The molecule has 2 unspecified atom stereocenters. The minimum absolute atomic E-state index is 0.0180. The highest BCUT2D eigenvalue weighted by molar-refractivity contribution is 5.98. The first-order valence-corrected chi connectivity index (χ1v) is 13.0. The Morgan fingerprint density at radius 2 is 1.22 bits per heavy atom. The molecule has 0 fully saturated rings. The van der Waals surface area contributed by atoms with E-state index >= 15 is 0 Å². The minimum Gasteiger partial charge on any atom is -0.461 e. The van der Waals surface area contributed by atoms with Crippen LogP contribution in [0.4, 0.5) is 0 Å². The molecule has 0 amide bonds. The van der Waals surface area contributed by atoms with Crippen molar-refractivity contribution in [1.82, 2.24) is 27.9 Å². The summed E-state index contributed by atoms with van der Waals surface area (Å²) in [5.41, 5.74) is -1.20. The summed E-state index contributed by atoms with van der Waals surface area (Å²) in [5.74, 6) is -0.511. The molecule has 6 heterocycles. The fraction of sp³-hybridized carbons (Fsp3) is 0.138. The van der Waals surface area contributed by atoms with Crippen molar-refractivity contribution >= 4 is 5.78 Å². The van der Waals surface area contributed by atoms with E-state index in [9.17, 15) is 24.0 Å². The van der Waals surface area contributed by atoms with E-state index in [0.717, 1.165) is 13.8 Å². The Morgan fingerprint density at radius 1 is 0.634 bits per heavy atom. The predicted octanol–water partition coefficient (Wildman–Crippen LogP) is 1.78. The summed E-state index contributed by atoms with van der Waals surface area (Å²) >= 11 is 0. The lowest BCUT2D eigenvalue weighted by atomic mass is 9.83. The van der Waals surface area contributed by atoms with Crippen LogP contribution in [0.1, 0.15) is 34.7 Å². The largest absolute Gasteiger partial charge is 0.461 e. The second-order valence-electron chi connectivity index (χ2n) is 10.1. The van der Waals surface area contributed by atoms with Crippen LogP contribution in [0.3, 0.4) is 0 Å². The molecular weight excluding hydrogens is 528 g/mol. The van der Waals surface area contributed by atoms with Gasteiger partial charge in [-0.3, -0.25) is 4.79 Å². The van der Waals surface area contributed by atoms with Crippen molar-refractivity contribution in [2.75, 3.05) is 0 Å². The van der Waals surface area contributed by atoms with Gasteiger partial charge in [-0.05, 0) is 48.0 Å². The second kappa shape index (κ2) is 8.18. The first-order chi connectivity index (χ1) is 20.0. The molecular formula is C29H20N6O6. The number of allylic oxidation sites excluding steroid dienone is 4. The summed E-state index contributed by atoms with van der Waals surface area (Å²) < 4.78 is 12.5. The average Bonchev–Trinajstić information content (AvgIpc) is 3.70. The van der Waals surface area contributed by atoms with Crippen molar-refractivity contribution in [3.8, 4) is 11.4 Å². The molecule has 2 bridgehead atoms. The van der Waals surface area contributed by atoms with E-state index in [2.05, 4.69) is 0 Å². The lowest BCUT2D eigenvalue weighted by Gasteiger charge is -2.44. The summed E-state index contributed by atoms with van der Waals surface area (Å²) in [4.78, 5) is 69.1.